The Morgan fingerprint density at radius 2 is 2.47 bits per heavy atom. The summed E-state index contributed by atoms with van der Waals surface area (Å²) < 4.78 is 6.68. The van der Waals surface area contributed by atoms with E-state index >= 15 is 0 Å². The van der Waals surface area contributed by atoms with Crippen molar-refractivity contribution in [3.63, 3.8) is 0 Å². The Kier molecular flexibility index (Phi) is 4.13. The van der Waals surface area contributed by atoms with Gasteiger partial charge < -0.3 is 10.1 Å². The second-order valence-corrected chi connectivity index (χ2v) is 4.75. The fourth-order valence-corrected chi connectivity index (χ4v) is 2.11. The van der Waals surface area contributed by atoms with E-state index in [1.807, 2.05) is 0 Å². The smallest absolute Gasteiger partial charge is 0.142 e. The van der Waals surface area contributed by atoms with Crippen molar-refractivity contribution in [1.82, 2.24) is 9.97 Å². The van der Waals surface area contributed by atoms with Gasteiger partial charge in [0.1, 0.15) is 12.1 Å². The van der Waals surface area contributed by atoms with Crippen LogP contribution in [0, 0.1) is 3.57 Å². The zero-order valence-corrected chi connectivity index (χ0v) is 10.6. The summed E-state index contributed by atoms with van der Waals surface area (Å²) in [5, 5.41) is 3.30. The van der Waals surface area contributed by atoms with Gasteiger partial charge in [0.05, 0.1) is 9.67 Å². The Morgan fingerprint density at radius 3 is 3.20 bits per heavy atom. The second-order valence-electron chi connectivity index (χ2n) is 3.59. The fraction of sp³-hybridized carbons (Fsp3) is 0.600. The molecule has 1 unspecified atom stereocenters. The summed E-state index contributed by atoms with van der Waals surface area (Å²) in [6, 6.07) is 0. The van der Waals surface area contributed by atoms with E-state index in [-0.39, 0.29) is 0 Å². The van der Waals surface area contributed by atoms with E-state index in [2.05, 4.69) is 37.9 Å². The maximum Gasteiger partial charge on any atom is 0.142 e. The van der Waals surface area contributed by atoms with E-state index in [1.165, 1.54) is 12.8 Å². The van der Waals surface area contributed by atoms with Crippen molar-refractivity contribution in [2.24, 2.45) is 0 Å². The van der Waals surface area contributed by atoms with Crippen molar-refractivity contribution >= 4 is 28.4 Å². The molecular weight excluding hydrogens is 305 g/mol. The summed E-state index contributed by atoms with van der Waals surface area (Å²) in [6.07, 6.45) is 7.32. The number of hydrogen-bond donors (Lipinski definition) is 1. The minimum absolute atomic E-state index is 0.338. The molecule has 2 heterocycles. The molecule has 0 bridgehead atoms. The molecule has 1 N–H and O–H groups in total. The lowest BCUT2D eigenvalue weighted by molar-refractivity contribution is 0.0247. The summed E-state index contributed by atoms with van der Waals surface area (Å²) in [6.45, 7) is 1.74. The van der Waals surface area contributed by atoms with Gasteiger partial charge in [-0.05, 0) is 41.9 Å². The predicted molar refractivity (Wildman–Crippen MR) is 66.8 cm³/mol. The van der Waals surface area contributed by atoms with E-state index < -0.39 is 0 Å². The number of nitrogens with one attached hydrogen (secondary N) is 1. The van der Waals surface area contributed by atoms with E-state index in [9.17, 15) is 0 Å². The molecule has 1 aromatic heterocycles. The Morgan fingerprint density at radius 1 is 1.53 bits per heavy atom. The lowest BCUT2D eigenvalue weighted by Crippen LogP contribution is -2.27. The van der Waals surface area contributed by atoms with Gasteiger partial charge in [0, 0.05) is 19.3 Å². The summed E-state index contributed by atoms with van der Waals surface area (Å²) in [7, 11) is 0. The molecule has 4 nitrogen and oxygen atoms in total. The van der Waals surface area contributed by atoms with E-state index in [1.54, 1.807) is 12.5 Å². The van der Waals surface area contributed by atoms with Crippen LogP contribution in [0.3, 0.4) is 0 Å². The highest BCUT2D eigenvalue weighted by molar-refractivity contribution is 14.1. The molecule has 0 amide bonds. The quantitative estimate of drug-likeness (QED) is 0.867. The Bertz CT molecular complexity index is 315. The topological polar surface area (TPSA) is 47.0 Å². The minimum atomic E-state index is 0.338. The first-order chi connectivity index (χ1) is 7.36. The first kappa shape index (κ1) is 11.1. The van der Waals surface area contributed by atoms with Crippen LogP contribution >= 0.6 is 22.6 Å². The van der Waals surface area contributed by atoms with Gasteiger partial charge in [-0.25, -0.2) is 9.97 Å². The normalized spacial score (nSPS) is 21.3. The van der Waals surface area contributed by atoms with Crippen LogP contribution in [0.25, 0.3) is 0 Å². The third kappa shape index (κ3) is 3.27. The van der Waals surface area contributed by atoms with Crippen molar-refractivity contribution in [3.8, 4) is 0 Å². The number of aromatic nitrogens is 2. The molecule has 15 heavy (non-hydrogen) atoms. The Hall–Kier alpha value is -0.430. The first-order valence-corrected chi connectivity index (χ1v) is 6.25. The number of nitrogens with zero attached hydrogens (tertiary/aromatic N) is 2. The Balaban J connectivity index is 1.84. The monoisotopic (exact) mass is 319 g/mol. The van der Waals surface area contributed by atoms with Gasteiger partial charge in [0.15, 0.2) is 0 Å². The van der Waals surface area contributed by atoms with E-state index in [4.69, 9.17) is 4.74 Å². The van der Waals surface area contributed by atoms with Crippen LogP contribution in [0.2, 0.25) is 0 Å². The molecular formula is C10H14IN3O. The van der Waals surface area contributed by atoms with Crippen LogP contribution in [-0.2, 0) is 4.74 Å². The fourth-order valence-electron chi connectivity index (χ4n) is 1.62. The van der Waals surface area contributed by atoms with Crippen LogP contribution in [0.5, 0.6) is 0 Å². The maximum atomic E-state index is 5.63. The SMILES string of the molecule is Ic1cncnc1NCC1CCCCO1. The van der Waals surface area contributed by atoms with E-state index in [0.29, 0.717) is 6.10 Å². The third-order valence-corrected chi connectivity index (χ3v) is 3.23. The van der Waals surface area contributed by atoms with Gasteiger partial charge in [0.25, 0.3) is 0 Å². The average molecular weight is 319 g/mol. The lowest BCUT2D eigenvalue weighted by atomic mass is 10.1. The molecule has 1 aromatic rings. The van der Waals surface area contributed by atoms with Crippen molar-refractivity contribution in [1.29, 1.82) is 0 Å². The number of ether oxygens (including phenoxy) is 1. The van der Waals surface area contributed by atoms with Crippen molar-refractivity contribution in [2.75, 3.05) is 18.5 Å². The first-order valence-electron chi connectivity index (χ1n) is 5.17. The highest BCUT2D eigenvalue weighted by Crippen LogP contribution is 2.16. The summed E-state index contributed by atoms with van der Waals surface area (Å²) in [5.41, 5.74) is 0. The molecule has 1 atom stereocenters. The van der Waals surface area contributed by atoms with Gasteiger partial charge in [-0.15, -0.1) is 0 Å². The number of halogens is 1. The predicted octanol–water partition coefficient (Wildman–Crippen LogP) is 2.06. The molecule has 0 saturated carbocycles. The molecule has 1 aliphatic heterocycles. The van der Waals surface area contributed by atoms with Crippen LogP contribution in [-0.4, -0.2) is 29.2 Å². The molecule has 1 fully saturated rings. The van der Waals surface area contributed by atoms with Gasteiger partial charge >= 0.3 is 0 Å². The summed E-state index contributed by atoms with van der Waals surface area (Å²) in [5.74, 6) is 0.903. The van der Waals surface area contributed by atoms with Gasteiger partial charge in [-0.1, -0.05) is 0 Å². The number of hydrogen-bond acceptors (Lipinski definition) is 4. The largest absolute Gasteiger partial charge is 0.376 e. The standard InChI is InChI=1S/C10H14IN3O/c11-9-6-12-7-14-10(9)13-5-8-3-1-2-4-15-8/h6-8H,1-5H2,(H,12,13,14). The molecule has 0 aliphatic carbocycles. The molecule has 0 radical (unpaired) electrons. The zero-order valence-electron chi connectivity index (χ0n) is 8.45. The number of anilines is 1. The average Bonchev–Trinajstić information content (AvgIpc) is 2.29. The highest BCUT2D eigenvalue weighted by atomic mass is 127. The molecule has 0 aromatic carbocycles. The molecule has 1 aliphatic rings. The Labute approximate surface area is 103 Å². The highest BCUT2D eigenvalue weighted by Gasteiger charge is 2.13. The molecule has 0 spiro atoms. The molecule has 82 valence electrons. The molecule has 2 rings (SSSR count). The van der Waals surface area contributed by atoms with Gasteiger partial charge in [-0.2, -0.15) is 0 Å². The van der Waals surface area contributed by atoms with Crippen LogP contribution < -0.4 is 5.32 Å². The lowest BCUT2D eigenvalue weighted by Gasteiger charge is -2.23. The van der Waals surface area contributed by atoms with Crippen LogP contribution in [0.4, 0.5) is 5.82 Å². The van der Waals surface area contributed by atoms with Crippen LogP contribution in [0.1, 0.15) is 19.3 Å². The third-order valence-electron chi connectivity index (χ3n) is 2.44. The van der Waals surface area contributed by atoms with E-state index in [0.717, 1.165) is 29.0 Å². The van der Waals surface area contributed by atoms with Gasteiger partial charge in [0.2, 0.25) is 0 Å². The number of rotatable bonds is 3. The van der Waals surface area contributed by atoms with Crippen molar-refractivity contribution in [2.45, 2.75) is 25.4 Å². The summed E-state index contributed by atoms with van der Waals surface area (Å²) in [4.78, 5) is 8.13. The zero-order chi connectivity index (χ0) is 10.5. The second kappa shape index (κ2) is 5.60. The van der Waals surface area contributed by atoms with Crippen LogP contribution in [0.15, 0.2) is 12.5 Å². The maximum absolute atomic E-state index is 5.63. The molecule has 5 heteroatoms. The summed E-state index contributed by atoms with van der Waals surface area (Å²) >= 11 is 2.23. The minimum Gasteiger partial charge on any atom is -0.376 e. The van der Waals surface area contributed by atoms with Crippen molar-refractivity contribution < 1.29 is 4.74 Å². The van der Waals surface area contributed by atoms with Gasteiger partial charge in [-0.3, -0.25) is 0 Å². The van der Waals surface area contributed by atoms with Crippen molar-refractivity contribution in [3.05, 3.63) is 16.1 Å². The molecule has 1 saturated heterocycles.